The highest BCUT2D eigenvalue weighted by molar-refractivity contribution is 9.13. The quantitative estimate of drug-likeness (QED) is 0.442. The lowest BCUT2D eigenvalue weighted by Gasteiger charge is -2.08. The van der Waals surface area contributed by atoms with Gasteiger partial charge < -0.3 is 0 Å². The van der Waals surface area contributed by atoms with Crippen molar-refractivity contribution in [1.82, 2.24) is 0 Å². The van der Waals surface area contributed by atoms with E-state index in [1.165, 1.54) is 23.5 Å². The second kappa shape index (κ2) is 6.71. The topological polar surface area (TPSA) is 34.1 Å². The van der Waals surface area contributed by atoms with E-state index in [1.54, 1.807) is 6.07 Å². The van der Waals surface area contributed by atoms with E-state index in [9.17, 15) is 12.8 Å². The van der Waals surface area contributed by atoms with Crippen LogP contribution in [0.4, 0.5) is 4.39 Å². The van der Waals surface area contributed by atoms with Gasteiger partial charge in [-0.15, -0.1) is 0 Å². The summed E-state index contributed by atoms with van der Waals surface area (Å²) in [5.41, 5.74) is 3.48. The molecule has 0 bridgehead atoms. The maximum absolute atomic E-state index is 14.2. The van der Waals surface area contributed by atoms with Crippen molar-refractivity contribution >= 4 is 53.0 Å². The molecule has 0 saturated heterocycles. The zero-order valence-corrected chi connectivity index (χ0v) is 17.2. The molecule has 1 heterocycles. The molecule has 0 unspecified atom stereocenters. The molecule has 0 aliphatic carbocycles. The SMILES string of the molecule is CS(=O)(=O)c1ccc(-c2cscc2-c2ccc(Br)c(Br)c2)cc1F. The highest BCUT2D eigenvalue weighted by atomic mass is 79.9. The molecular formula is C17H11Br2FO2S2. The molecule has 3 rings (SSSR count). The number of rotatable bonds is 3. The average molecular weight is 490 g/mol. The maximum Gasteiger partial charge on any atom is 0.178 e. The Hall–Kier alpha value is -1.02. The van der Waals surface area contributed by atoms with Crippen molar-refractivity contribution in [3.63, 3.8) is 0 Å². The van der Waals surface area contributed by atoms with Crippen molar-refractivity contribution < 1.29 is 12.8 Å². The third-order valence-corrected chi connectivity index (χ3v) is 7.29. The van der Waals surface area contributed by atoms with Crippen LogP contribution in [0.1, 0.15) is 0 Å². The van der Waals surface area contributed by atoms with Gasteiger partial charge in [-0.05, 0) is 78.0 Å². The van der Waals surface area contributed by atoms with Crippen LogP contribution in [0.3, 0.4) is 0 Å². The van der Waals surface area contributed by atoms with Gasteiger partial charge in [-0.1, -0.05) is 12.1 Å². The van der Waals surface area contributed by atoms with Gasteiger partial charge >= 0.3 is 0 Å². The molecule has 0 spiro atoms. The van der Waals surface area contributed by atoms with Gasteiger partial charge in [0.2, 0.25) is 0 Å². The summed E-state index contributed by atoms with van der Waals surface area (Å²) in [6, 6.07) is 10.1. The molecule has 0 aliphatic rings. The van der Waals surface area contributed by atoms with Crippen LogP contribution in [0.2, 0.25) is 0 Å². The fourth-order valence-electron chi connectivity index (χ4n) is 2.38. The normalized spacial score (nSPS) is 11.7. The second-order valence-corrected chi connectivity index (χ2v) is 9.68. The summed E-state index contributed by atoms with van der Waals surface area (Å²) in [4.78, 5) is -0.283. The van der Waals surface area contributed by atoms with Crippen molar-refractivity contribution in [2.75, 3.05) is 6.26 Å². The van der Waals surface area contributed by atoms with E-state index >= 15 is 0 Å². The Labute approximate surface area is 160 Å². The minimum Gasteiger partial charge on any atom is -0.224 e. The van der Waals surface area contributed by atoms with Crippen LogP contribution in [-0.4, -0.2) is 14.7 Å². The summed E-state index contributed by atoms with van der Waals surface area (Å²) in [6.07, 6.45) is 1.00. The fraction of sp³-hybridized carbons (Fsp3) is 0.0588. The van der Waals surface area contributed by atoms with Crippen molar-refractivity contribution in [3.8, 4) is 22.3 Å². The number of thiophene rings is 1. The Balaban J connectivity index is 2.11. The van der Waals surface area contributed by atoms with Crippen LogP contribution in [-0.2, 0) is 9.84 Å². The Morgan fingerprint density at radius 1 is 0.917 bits per heavy atom. The Morgan fingerprint density at radius 2 is 1.50 bits per heavy atom. The van der Waals surface area contributed by atoms with Gasteiger partial charge in [0.05, 0.1) is 0 Å². The van der Waals surface area contributed by atoms with Crippen molar-refractivity contribution in [2.45, 2.75) is 4.90 Å². The zero-order chi connectivity index (χ0) is 17.5. The molecule has 1 aromatic heterocycles. The van der Waals surface area contributed by atoms with Gasteiger partial charge in [-0.25, -0.2) is 12.8 Å². The molecule has 0 radical (unpaired) electrons. The molecule has 0 amide bonds. The van der Waals surface area contributed by atoms with Crippen molar-refractivity contribution in [3.05, 3.63) is 61.9 Å². The van der Waals surface area contributed by atoms with Crippen LogP contribution < -0.4 is 0 Å². The van der Waals surface area contributed by atoms with Crippen LogP contribution in [0.25, 0.3) is 22.3 Å². The summed E-state index contributed by atoms with van der Waals surface area (Å²) in [7, 11) is -3.58. The Morgan fingerprint density at radius 3 is 2.04 bits per heavy atom. The third-order valence-electron chi connectivity index (χ3n) is 3.53. The Bertz CT molecular complexity index is 1030. The van der Waals surface area contributed by atoms with Crippen molar-refractivity contribution in [2.24, 2.45) is 0 Å². The van der Waals surface area contributed by atoms with Crippen molar-refractivity contribution in [1.29, 1.82) is 0 Å². The zero-order valence-electron chi connectivity index (χ0n) is 12.4. The molecule has 7 heteroatoms. The standard InChI is InChI=1S/C17H11Br2FO2S2/c1-24(21,22)17-5-3-11(7-16(17)20)13-9-23-8-12(13)10-2-4-14(18)15(19)6-10/h2-9H,1H3. The largest absolute Gasteiger partial charge is 0.224 e. The van der Waals surface area contributed by atoms with E-state index in [2.05, 4.69) is 31.9 Å². The summed E-state index contributed by atoms with van der Waals surface area (Å²) in [5.74, 6) is -0.732. The summed E-state index contributed by atoms with van der Waals surface area (Å²) in [5, 5.41) is 3.92. The minimum absolute atomic E-state index is 0.283. The minimum atomic E-state index is -3.58. The first kappa shape index (κ1) is 17.8. The highest BCUT2D eigenvalue weighted by Gasteiger charge is 2.16. The van der Waals surface area contributed by atoms with E-state index in [0.717, 1.165) is 31.9 Å². The van der Waals surface area contributed by atoms with Crippen LogP contribution in [0, 0.1) is 5.82 Å². The number of sulfone groups is 1. The number of hydrogen-bond acceptors (Lipinski definition) is 3. The van der Waals surface area contributed by atoms with Gasteiger partial charge in [0.25, 0.3) is 0 Å². The number of halogens is 3. The highest BCUT2D eigenvalue weighted by Crippen LogP contribution is 2.38. The van der Waals surface area contributed by atoms with E-state index in [4.69, 9.17) is 0 Å². The summed E-state index contributed by atoms with van der Waals surface area (Å²) >= 11 is 8.44. The van der Waals surface area contributed by atoms with E-state index in [-0.39, 0.29) is 4.90 Å². The van der Waals surface area contributed by atoms with E-state index in [0.29, 0.717) is 5.56 Å². The number of hydrogen-bond donors (Lipinski definition) is 0. The molecule has 3 aromatic rings. The van der Waals surface area contributed by atoms with Gasteiger partial charge in [-0.2, -0.15) is 11.3 Å². The first-order chi connectivity index (χ1) is 11.3. The summed E-state index contributed by atoms with van der Waals surface area (Å²) in [6.45, 7) is 0. The first-order valence-electron chi connectivity index (χ1n) is 6.79. The second-order valence-electron chi connectivity index (χ2n) is 5.25. The molecule has 2 aromatic carbocycles. The lowest BCUT2D eigenvalue weighted by molar-refractivity contribution is 0.571. The Kier molecular flexibility index (Phi) is 4.97. The van der Waals surface area contributed by atoms with Gasteiger partial charge in [0.1, 0.15) is 10.7 Å². The van der Waals surface area contributed by atoms with Crippen LogP contribution >= 0.6 is 43.2 Å². The summed E-state index contributed by atoms with van der Waals surface area (Å²) < 4.78 is 39.2. The smallest absolute Gasteiger partial charge is 0.178 e. The maximum atomic E-state index is 14.2. The predicted octanol–water partition coefficient (Wildman–Crippen LogP) is 6.15. The van der Waals surface area contributed by atoms with Gasteiger partial charge in [0, 0.05) is 26.3 Å². The first-order valence-corrected chi connectivity index (χ1v) is 11.2. The molecule has 24 heavy (non-hydrogen) atoms. The van der Waals surface area contributed by atoms with Gasteiger partial charge in [0.15, 0.2) is 9.84 Å². The van der Waals surface area contributed by atoms with Crippen LogP contribution in [0.5, 0.6) is 0 Å². The molecule has 0 fully saturated rings. The number of benzene rings is 2. The molecule has 2 nitrogen and oxygen atoms in total. The average Bonchev–Trinajstić information content (AvgIpc) is 2.98. The lowest BCUT2D eigenvalue weighted by Crippen LogP contribution is -2.00. The monoisotopic (exact) mass is 488 g/mol. The molecule has 0 saturated carbocycles. The molecule has 0 atom stereocenters. The fourth-order valence-corrected chi connectivity index (χ4v) is 4.60. The molecule has 124 valence electrons. The van der Waals surface area contributed by atoms with E-state index in [1.807, 2.05) is 29.0 Å². The third kappa shape index (κ3) is 3.49. The van der Waals surface area contributed by atoms with E-state index < -0.39 is 15.7 Å². The molecule has 0 aliphatic heterocycles. The molecule has 0 N–H and O–H groups in total. The molecular weight excluding hydrogens is 479 g/mol. The lowest BCUT2D eigenvalue weighted by atomic mass is 9.99. The van der Waals surface area contributed by atoms with Gasteiger partial charge in [-0.3, -0.25) is 0 Å². The van der Waals surface area contributed by atoms with Crippen LogP contribution in [0.15, 0.2) is 61.0 Å². The predicted molar refractivity (Wildman–Crippen MR) is 104 cm³/mol.